The number of anilines is 2. The van der Waals surface area contributed by atoms with Crippen LogP contribution in [0.1, 0.15) is 15.9 Å². The van der Waals surface area contributed by atoms with E-state index in [0.29, 0.717) is 63.1 Å². The van der Waals surface area contributed by atoms with Gasteiger partial charge in [0.05, 0.1) is 39.6 Å². The number of nitrogens with one attached hydrogen (secondary N) is 2. The minimum atomic E-state index is -0.261. The first kappa shape index (κ1) is 26.5. The molecule has 1 saturated heterocycles. The number of ether oxygens (including phenoxy) is 3. The highest BCUT2D eigenvalue weighted by molar-refractivity contribution is 6.05. The highest BCUT2D eigenvalue weighted by Gasteiger charge is 2.17. The third-order valence-electron chi connectivity index (χ3n) is 6.06. The van der Waals surface area contributed by atoms with Crippen molar-refractivity contribution < 1.29 is 23.8 Å². The van der Waals surface area contributed by atoms with Gasteiger partial charge in [-0.05, 0) is 35.4 Å². The van der Waals surface area contributed by atoms with Crippen molar-refractivity contribution in [2.24, 2.45) is 0 Å². The standard InChI is InChI=1S/C29H33N3O5/c1-35-17-18-37-21-25-8-7-24(19-27(25)31-28(33)20-32-13-15-36-16-14-32)29(34)30-26-11-9-23(10-12-26)22-5-3-2-4-6-22/h2-12,19H,13-18,20-21H2,1H3,(H,30,34)(H,31,33). The van der Waals surface area contributed by atoms with E-state index in [1.165, 1.54) is 0 Å². The zero-order chi connectivity index (χ0) is 25.9. The van der Waals surface area contributed by atoms with Gasteiger partial charge in [-0.1, -0.05) is 48.5 Å². The van der Waals surface area contributed by atoms with Crippen molar-refractivity contribution in [1.82, 2.24) is 4.90 Å². The van der Waals surface area contributed by atoms with Crippen molar-refractivity contribution in [3.05, 3.63) is 83.9 Å². The lowest BCUT2D eigenvalue weighted by Gasteiger charge is -2.26. The Morgan fingerprint density at radius 1 is 0.892 bits per heavy atom. The van der Waals surface area contributed by atoms with Crippen molar-refractivity contribution in [3.63, 3.8) is 0 Å². The molecule has 8 heteroatoms. The number of rotatable bonds is 11. The van der Waals surface area contributed by atoms with E-state index in [1.54, 1.807) is 19.2 Å². The van der Waals surface area contributed by atoms with Gasteiger partial charge >= 0.3 is 0 Å². The maximum Gasteiger partial charge on any atom is 0.255 e. The molecule has 0 spiro atoms. The van der Waals surface area contributed by atoms with Crippen LogP contribution in [0.2, 0.25) is 0 Å². The molecule has 1 aliphatic rings. The molecule has 4 rings (SSSR count). The van der Waals surface area contributed by atoms with Gasteiger partial charge in [0.1, 0.15) is 0 Å². The Labute approximate surface area is 217 Å². The van der Waals surface area contributed by atoms with E-state index in [-0.39, 0.29) is 18.4 Å². The molecule has 0 bridgehead atoms. The van der Waals surface area contributed by atoms with Crippen LogP contribution in [0.4, 0.5) is 11.4 Å². The average Bonchev–Trinajstić information content (AvgIpc) is 2.93. The molecule has 194 valence electrons. The van der Waals surface area contributed by atoms with Crippen LogP contribution in [0, 0.1) is 0 Å². The summed E-state index contributed by atoms with van der Waals surface area (Å²) in [6, 6.07) is 23.0. The molecule has 8 nitrogen and oxygen atoms in total. The summed E-state index contributed by atoms with van der Waals surface area (Å²) >= 11 is 0. The highest BCUT2D eigenvalue weighted by Crippen LogP contribution is 2.23. The van der Waals surface area contributed by atoms with E-state index in [2.05, 4.69) is 10.6 Å². The number of methoxy groups -OCH3 is 1. The number of carbonyl (C=O) groups excluding carboxylic acids is 2. The van der Waals surface area contributed by atoms with E-state index in [0.717, 1.165) is 16.7 Å². The fraction of sp³-hybridized carbons (Fsp3) is 0.310. The summed E-state index contributed by atoms with van der Waals surface area (Å²) in [6.07, 6.45) is 0. The number of benzene rings is 3. The van der Waals surface area contributed by atoms with Gasteiger partial charge in [0.25, 0.3) is 5.91 Å². The smallest absolute Gasteiger partial charge is 0.255 e. The molecule has 3 aromatic rings. The van der Waals surface area contributed by atoms with Crippen molar-refractivity contribution in [2.75, 3.05) is 63.8 Å². The molecule has 1 aliphatic heterocycles. The minimum Gasteiger partial charge on any atom is -0.382 e. The van der Waals surface area contributed by atoms with Gasteiger partial charge in [-0.2, -0.15) is 0 Å². The second-order valence-corrected chi connectivity index (χ2v) is 8.75. The number of morpholine rings is 1. The molecule has 0 radical (unpaired) electrons. The van der Waals surface area contributed by atoms with Crippen molar-refractivity contribution in [1.29, 1.82) is 0 Å². The third-order valence-corrected chi connectivity index (χ3v) is 6.06. The molecule has 37 heavy (non-hydrogen) atoms. The second-order valence-electron chi connectivity index (χ2n) is 8.75. The Bertz CT molecular complexity index is 1160. The van der Waals surface area contributed by atoms with Crippen LogP contribution in [-0.4, -0.2) is 69.9 Å². The summed E-state index contributed by atoms with van der Waals surface area (Å²) in [6.45, 7) is 4.12. The Morgan fingerprint density at radius 2 is 1.62 bits per heavy atom. The number of carbonyl (C=O) groups is 2. The third kappa shape index (κ3) is 7.96. The van der Waals surface area contributed by atoms with Crippen LogP contribution in [0.3, 0.4) is 0 Å². The first-order valence-electron chi connectivity index (χ1n) is 12.4. The number of amides is 2. The quantitative estimate of drug-likeness (QED) is 0.384. The topological polar surface area (TPSA) is 89.1 Å². The number of hydrogen-bond acceptors (Lipinski definition) is 6. The maximum atomic E-state index is 13.0. The predicted octanol–water partition coefficient (Wildman–Crippen LogP) is 4.04. The molecule has 2 N–H and O–H groups in total. The van der Waals surface area contributed by atoms with Gasteiger partial charge in [-0.25, -0.2) is 0 Å². The van der Waals surface area contributed by atoms with E-state index >= 15 is 0 Å². The molecule has 3 aromatic carbocycles. The lowest BCUT2D eigenvalue weighted by atomic mass is 10.1. The van der Waals surface area contributed by atoms with Crippen molar-refractivity contribution >= 4 is 23.2 Å². The molecule has 0 aliphatic carbocycles. The van der Waals surface area contributed by atoms with Crippen LogP contribution in [0.5, 0.6) is 0 Å². The van der Waals surface area contributed by atoms with Crippen LogP contribution in [-0.2, 0) is 25.6 Å². The van der Waals surface area contributed by atoms with Crippen LogP contribution < -0.4 is 10.6 Å². The summed E-state index contributed by atoms with van der Waals surface area (Å²) in [5.74, 6) is -0.405. The zero-order valence-electron chi connectivity index (χ0n) is 21.1. The number of hydrogen-bond donors (Lipinski definition) is 2. The van der Waals surface area contributed by atoms with Crippen molar-refractivity contribution in [2.45, 2.75) is 6.61 Å². The van der Waals surface area contributed by atoms with Crippen LogP contribution in [0.15, 0.2) is 72.8 Å². The Balaban J connectivity index is 1.44. The van der Waals surface area contributed by atoms with Crippen LogP contribution >= 0.6 is 0 Å². The van der Waals surface area contributed by atoms with E-state index in [9.17, 15) is 9.59 Å². The zero-order valence-corrected chi connectivity index (χ0v) is 21.1. The van der Waals surface area contributed by atoms with Crippen LogP contribution in [0.25, 0.3) is 11.1 Å². The fourth-order valence-corrected chi connectivity index (χ4v) is 4.02. The first-order chi connectivity index (χ1) is 18.1. The summed E-state index contributed by atoms with van der Waals surface area (Å²) in [7, 11) is 1.61. The predicted molar refractivity (Wildman–Crippen MR) is 144 cm³/mol. The lowest BCUT2D eigenvalue weighted by Crippen LogP contribution is -2.41. The number of nitrogens with zero attached hydrogens (tertiary/aromatic N) is 1. The van der Waals surface area contributed by atoms with Gasteiger partial charge in [0.15, 0.2) is 0 Å². The fourth-order valence-electron chi connectivity index (χ4n) is 4.02. The molecule has 1 fully saturated rings. The largest absolute Gasteiger partial charge is 0.382 e. The Hall–Kier alpha value is -3.56. The molecule has 0 aromatic heterocycles. The molecule has 0 saturated carbocycles. The van der Waals surface area contributed by atoms with E-state index in [1.807, 2.05) is 65.6 Å². The van der Waals surface area contributed by atoms with Crippen molar-refractivity contribution in [3.8, 4) is 11.1 Å². The molecule has 2 amide bonds. The lowest BCUT2D eigenvalue weighted by molar-refractivity contribution is -0.118. The normalized spacial score (nSPS) is 13.8. The monoisotopic (exact) mass is 503 g/mol. The molecule has 0 unspecified atom stereocenters. The second kappa shape index (κ2) is 13.7. The summed E-state index contributed by atoms with van der Waals surface area (Å²) in [5, 5.41) is 5.91. The van der Waals surface area contributed by atoms with E-state index in [4.69, 9.17) is 14.2 Å². The maximum absolute atomic E-state index is 13.0. The summed E-state index contributed by atoms with van der Waals surface area (Å²) < 4.78 is 16.1. The molecule has 1 heterocycles. The summed E-state index contributed by atoms with van der Waals surface area (Å²) in [4.78, 5) is 27.9. The van der Waals surface area contributed by atoms with E-state index < -0.39 is 0 Å². The van der Waals surface area contributed by atoms with Gasteiger partial charge in [0.2, 0.25) is 5.91 Å². The van der Waals surface area contributed by atoms with Gasteiger partial charge in [-0.15, -0.1) is 0 Å². The van der Waals surface area contributed by atoms with Gasteiger partial charge < -0.3 is 24.8 Å². The minimum absolute atomic E-state index is 0.144. The van der Waals surface area contributed by atoms with Gasteiger partial charge in [0, 0.05) is 42.7 Å². The van der Waals surface area contributed by atoms with Gasteiger partial charge in [-0.3, -0.25) is 14.5 Å². The molecule has 0 atom stereocenters. The Kier molecular flexibility index (Phi) is 9.79. The molecular weight excluding hydrogens is 470 g/mol. The highest BCUT2D eigenvalue weighted by atomic mass is 16.5. The Morgan fingerprint density at radius 3 is 2.35 bits per heavy atom. The average molecular weight is 504 g/mol. The first-order valence-corrected chi connectivity index (χ1v) is 12.4. The summed E-state index contributed by atoms with van der Waals surface area (Å²) in [5.41, 5.74) is 4.66. The molecular formula is C29H33N3O5. The SMILES string of the molecule is COCCOCc1ccc(C(=O)Nc2ccc(-c3ccccc3)cc2)cc1NC(=O)CN1CCOCC1.